The summed E-state index contributed by atoms with van der Waals surface area (Å²) in [6.45, 7) is -2.92. The van der Waals surface area contributed by atoms with Gasteiger partial charge < -0.3 is 15.0 Å². The Hall–Kier alpha value is -3.00. The first-order valence-electron chi connectivity index (χ1n) is 8.68. The molecule has 150 valence electrons. The van der Waals surface area contributed by atoms with Crippen LogP contribution in [-0.4, -0.2) is 50.5 Å². The van der Waals surface area contributed by atoms with Crippen molar-refractivity contribution in [2.45, 2.75) is 12.7 Å². The van der Waals surface area contributed by atoms with Crippen molar-refractivity contribution in [1.82, 2.24) is 15.5 Å². The van der Waals surface area contributed by atoms with Gasteiger partial charge in [0.25, 0.3) is 0 Å². The summed E-state index contributed by atoms with van der Waals surface area (Å²) in [5.41, 5.74) is 1.70. The highest BCUT2D eigenvalue weighted by Gasteiger charge is 2.18. The number of likely N-dealkylation sites (N-methyl/N-ethyl adjacent to an activating group) is 2. The summed E-state index contributed by atoms with van der Waals surface area (Å²) in [6.07, 6.45) is 0. The molecule has 2 amide bonds. The number of ether oxygens (including phenoxy) is 1. The molecule has 0 saturated heterocycles. The van der Waals surface area contributed by atoms with Crippen molar-refractivity contribution in [2.24, 2.45) is 0 Å². The Morgan fingerprint density at radius 1 is 1.04 bits per heavy atom. The van der Waals surface area contributed by atoms with E-state index in [0.29, 0.717) is 0 Å². The van der Waals surface area contributed by atoms with Gasteiger partial charge in [0.05, 0.1) is 19.1 Å². The van der Waals surface area contributed by atoms with Crippen LogP contribution in [0.5, 0.6) is 5.75 Å². The van der Waals surface area contributed by atoms with E-state index < -0.39 is 6.61 Å². The summed E-state index contributed by atoms with van der Waals surface area (Å²) in [4.78, 5) is 25.1. The monoisotopic (exact) mass is 391 g/mol. The topological polar surface area (TPSA) is 70.7 Å². The van der Waals surface area contributed by atoms with Crippen LogP contribution in [0, 0.1) is 0 Å². The van der Waals surface area contributed by atoms with Gasteiger partial charge in [0.2, 0.25) is 11.8 Å². The van der Waals surface area contributed by atoms with E-state index in [9.17, 15) is 18.4 Å². The number of nitrogens with one attached hydrogen (secondary N) is 2. The summed E-state index contributed by atoms with van der Waals surface area (Å²) >= 11 is 0. The Kier molecular flexibility index (Phi) is 7.88. The largest absolute Gasteiger partial charge is 0.435 e. The maximum absolute atomic E-state index is 12.3. The highest BCUT2D eigenvalue weighted by atomic mass is 19.3. The molecule has 0 aliphatic heterocycles. The van der Waals surface area contributed by atoms with Gasteiger partial charge in [-0.05, 0) is 23.3 Å². The smallest absolute Gasteiger partial charge is 0.387 e. The molecule has 0 spiro atoms. The Balaban J connectivity index is 2.12. The molecule has 2 aromatic carbocycles. The molecule has 0 aliphatic carbocycles. The quantitative estimate of drug-likeness (QED) is 0.687. The molecule has 0 saturated carbocycles. The highest BCUT2D eigenvalue weighted by molar-refractivity contribution is 5.85. The minimum atomic E-state index is -2.89. The Morgan fingerprint density at radius 2 is 1.64 bits per heavy atom. The summed E-state index contributed by atoms with van der Waals surface area (Å²) in [5.74, 6) is -0.445. The van der Waals surface area contributed by atoms with Gasteiger partial charge in [0, 0.05) is 14.1 Å². The minimum absolute atomic E-state index is 0.00232. The van der Waals surface area contributed by atoms with E-state index in [1.807, 2.05) is 30.3 Å². The van der Waals surface area contributed by atoms with E-state index in [1.54, 1.807) is 19.2 Å². The van der Waals surface area contributed by atoms with Crippen LogP contribution in [0.3, 0.4) is 0 Å². The molecule has 0 heterocycles. The predicted molar refractivity (Wildman–Crippen MR) is 101 cm³/mol. The van der Waals surface area contributed by atoms with Crippen LogP contribution in [0.4, 0.5) is 8.78 Å². The van der Waals surface area contributed by atoms with Crippen LogP contribution < -0.4 is 15.4 Å². The predicted octanol–water partition coefficient (Wildman–Crippen LogP) is 2.17. The van der Waals surface area contributed by atoms with Crippen LogP contribution in [0.25, 0.3) is 0 Å². The number of hydrogen-bond acceptors (Lipinski definition) is 4. The van der Waals surface area contributed by atoms with Crippen molar-refractivity contribution in [1.29, 1.82) is 0 Å². The average molecular weight is 391 g/mol. The molecule has 8 heteroatoms. The Labute approximate surface area is 162 Å². The number of halogens is 2. The molecule has 0 radical (unpaired) electrons. The second-order valence-electron chi connectivity index (χ2n) is 6.10. The van der Waals surface area contributed by atoms with Gasteiger partial charge in [-0.1, -0.05) is 42.5 Å². The zero-order valence-corrected chi connectivity index (χ0v) is 15.7. The van der Waals surface area contributed by atoms with E-state index in [4.69, 9.17) is 0 Å². The van der Waals surface area contributed by atoms with E-state index in [0.717, 1.165) is 11.1 Å². The van der Waals surface area contributed by atoms with Crippen molar-refractivity contribution in [2.75, 3.05) is 27.2 Å². The van der Waals surface area contributed by atoms with Gasteiger partial charge in [-0.25, -0.2) is 0 Å². The van der Waals surface area contributed by atoms with Gasteiger partial charge in [0.1, 0.15) is 5.75 Å². The molecule has 0 fully saturated rings. The Bertz CT molecular complexity index is 770. The van der Waals surface area contributed by atoms with Crippen LogP contribution in [0.2, 0.25) is 0 Å². The van der Waals surface area contributed by atoms with Gasteiger partial charge >= 0.3 is 6.61 Å². The third kappa shape index (κ3) is 6.31. The number of amides is 2. The molecule has 2 aromatic rings. The molecule has 0 aromatic heterocycles. The van der Waals surface area contributed by atoms with E-state index in [2.05, 4.69) is 15.4 Å². The average Bonchev–Trinajstić information content (AvgIpc) is 2.69. The summed E-state index contributed by atoms with van der Waals surface area (Å²) in [5, 5.41) is 5.64. The lowest BCUT2D eigenvalue weighted by Gasteiger charge is -2.22. The number of hydrogen-bond donors (Lipinski definition) is 2. The number of carbonyl (C=O) groups is 2. The fourth-order valence-corrected chi connectivity index (χ4v) is 2.62. The van der Waals surface area contributed by atoms with Crippen LogP contribution in [0.1, 0.15) is 17.2 Å². The minimum Gasteiger partial charge on any atom is -0.435 e. The van der Waals surface area contributed by atoms with Crippen molar-refractivity contribution >= 4 is 11.8 Å². The van der Waals surface area contributed by atoms with Gasteiger partial charge in [-0.3, -0.25) is 14.9 Å². The number of rotatable bonds is 9. The zero-order valence-electron chi connectivity index (χ0n) is 15.7. The van der Waals surface area contributed by atoms with E-state index >= 15 is 0 Å². The maximum Gasteiger partial charge on any atom is 0.387 e. The van der Waals surface area contributed by atoms with Gasteiger partial charge in [-0.2, -0.15) is 8.78 Å². The molecular formula is C20H23F2N3O3. The van der Waals surface area contributed by atoms with Crippen molar-refractivity contribution < 1.29 is 23.1 Å². The van der Waals surface area contributed by atoms with Crippen LogP contribution in [-0.2, 0) is 9.59 Å². The van der Waals surface area contributed by atoms with Gasteiger partial charge in [0.15, 0.2) is 0 Å². The van der Waals surface area contributed by atoms with Crippen molar-refractivity contribution in [3.05, 3.63) is 65.7 Å². The van der Waals surface area contributed by atoms with Crippen molar-refractivity contribution in [3.8, 4) is 5.75 Å². The second kappa shape index (κ2) is 10.4. The third-order valence-corrected chi connectivity index (χ3v) is 4.11. The highest BCUT2D eigenvalue weighted by Crippen LogP contribution is 2.24. The lowest BCUT2D eigenvalue weighted by atomic mass is 9.98. The zero-order chi connectivity index (χ0) is 20.5. The second-order valence-corrected chi connectivity index (χ2v) is 6.10. The number of benzene rings is 2. The van der Waals surface area contributed by atoms with E-state index in [-0.39, 0.29) is 36.7 Å². The molecule has 1 atom stereocenters. The molecule has 0 bridgehead atoms. The maximum atomic E-state index is 12.3. The number of alkyl halides is 2. The Morgan fingerprint density at radius 3 is 2.21 bits per heavy atom. The third-order valence-electron chi connectivity index (χ3n) is 4.11. The molecule has 6 nitrogen and oxygen atoms in total. The SMILES string of the molecule is CNC(=O)CN(C)C(=O)CN[C@@H](c1ccccc1)c1ccc(OC(F)F)cc1. The number of carbonyl (C=O) groups excluding carboxylic acids is 2. The molecule has 28 heavy (non-hydrogen) atoms. The van der Waals surface area contributed by atoms with Gasteiger partial charge in [-0.15, -0.1) is 0 Å². The summed E-state index contributed by atoms with van der Waals surface area (Å²) in [6, 6.07) is 15.3. The molecule has 0 unspecified atom stereocenters. The molecule has 2 N–H and O–H groups in total. The van der Waals surface area contributed by atoms with Crippen LogP contribution in [0.15, 0.2) is 54.6 Å². The first-order valence-corrected chi connectivity index (χ1v) is 8.68. The van der Waals surface area contributed by atoms with E-state index in [1.165, 1.54) is 24.1 Å². The summed E-state index contributed by atoms with van der Waals surface area (Å²) < 4.78 is 29.1. The molecule has 2 rings (SSSR count). The summed E-state index contributed by atoms with van der Waals surface area (Å²) in [7, 11) is 3.05. The van der Waals surface area contributed by atoms with Crippen molar-refractivity contribution in [3.63, 3.8) is 0 Å². The first-order chi connectivity index (χ1) is 13.4. The normalized spacial score (nSPS) is 11.8. The standard InChI is InChI=1S/C20H23F2N3O3/c1-23-17(26)13-25(2)18(27)12-24-19(14-6-4-3-5-7-14)15-8-10-16(11-9-15)28-20(21)22/h3-11,19-20,24H,12-13H2,1-2H3,(H,23,26)/t19-/m0/s1. The van der Waals surface area contributed by atoms with Crippen LogP contribution >= 0.6 is 0 Å². The first kappa shape index (κ1) is 21.3. The molecular weight excluding hydrogens is 368 g/mol. The fraction of sp³-hybridized carbons (Fsp3) is 0.300. The fourth-order valence-electron chi connectivity index (χ4n) is 2.62. The lowest BCUT2D eigenvalue weighted by molar-refractivity contribution is -0.133. The number of nitrogens with zero attached hydrogens (tertiary/aromatic N) is 1. The lowest BCUT2D eigenvalue weighted by Crippen LogP contribution is -2.42. The molecule has 0 aliphatic rings.